The normalized spacial score (nSPS) is 11.6. The lowest BCUT2D eigenvalue weighted by Crippen LogP contribution is -2.19. The standard InChI is InChI=1S/C19H19N3O/c1-14(15-7-3-2-4-8-15)21-22-19(23)12-11-16-13-20-18-10-6-5-9-17(16)18/h2-10,13,20H,11-12H2,1H3,(H,22,23)/b21-14+. The molecule has 0 fully saturated rings. The summed E-state index contributed by atoms with van der Waals surface area (Å²) < 4.78 is 0. The summed E-state index contributed by atoms with van der Waals surface area (Å²) in [5, 5.41) is 5.34. The number of para-hydroxylation sites is 1. The van der Waals surface area contributed by atoms with Crippen LogP contribution >= 0.6 is 0 Å². The fourth-order valence-electron chi connectivity index (χ4n) is 2.53. The molecule has 3 aromatic rings. The van der Waals surface area contributed by atoms with Crippen molar-refractivity contribution in [2.24, 2.45) is 5.10 Å². The second-order valence-corrected chi connectivity index (χ2v) is 5.46. The minimum atomic E-state index is -0.0782. The number of nitrogens with zero attached hydrogens (tertiary/aromatic N) is 1. The maximum atomic E-state index is 12.0. The summed E-state index contributed by atoms with van der Waals surface area (Å²) in [6, 6.07) is 17.9. The monoisotopic (exact) mass is 305 g/mol. The first-order valence-electron chi connectivity index (χ1n) is 7.67. The number of hydrogen-bond donors (Lipinski definition) is 2. The highest BCUT2D eigenvalue weighted by atomic mass is 16.2. The number of carbonyl (C=O) groups is 1. The van der Waals surface area contributed by atoms with Gasteiger partial charge in [-0.15, -0.1) is 0 Å². The maximum Gasteiger partial charge on any atom is 0.240 e. The quantitative estimate of drug-likeness (QED) is 0.549. The zero-order chi connectivity index (χ0) is 16.1. The molecule has 1 aromatic heterocycles. The first-order valence-corrected chi connectivity index (χ1v) is 7.67. The Kier molecular flexibility index (Phi) is 4.52. The number of H-pyrrole nitrogens is 1. The first-order chi connectivity index (χ1) is 11.2. The Bertz CT molecular complexity index is 834. The van der Waals surface area contributed by atoms with Gasteiger partial charge in [-0.2, -0.15) is 5.10 Å². The molecule has 3 rings (SSSR count). The van der Waals surface area contributed by atoms with Crippen LogP contribution in [0.1, 0.15) is 24.5 Å². The van der Waals surface area contributed by atoms with Crippen LogP contribution in [-0.2, 0) is 11.2 Å². The molecule has 2 N–H and O–H groups in total. The van der Waals surface area contributed by atoms with Crippen LogP contribution in [0.25, 0.3) is 10.9 Å². The van der Waals surface area contributed by atoms with Crippen LogP contribution in [0.5, 0.6) is 0 Å². The van der Waals surface area contributed by atoms with Crippen LogP contribution in [0.2, 0.25) is 0 Å². The number of carbonyl (C=O) groups excluding carboxylic acids is 1. The van der Waals surface area contributed by atoms with E-state index in [1.807, 2.05) is 61.7 Å². The summed E-state index contributed by atoms with van der Waals surface area (Å²) in [5.74, 6) is -0.0782. The van der Waals surface area contributed by atoms with Crippen LogP contribution in [0.4, 0.5) is 0 Å². The van der Waals surface area contributed by atoms with Gasteiger partial charge in [-0.25, -0.2) is 5.43 Å². The molecule has 0 atom stereocenters. The molecule has 116 valence electrons. The summed E-state index contributed by atoms with van der Waals surface area (Å²) in [7, 11) is 0. The van der Waals surface area contributed by atoms with Crippen molar-refractivity contribution >= 4 is 22.5 Å². The smallest absolute Gasteiger partial charge is 0.240 e. The molecule has 4 heteroatoms. The summed E-state index contributed by atoms with van der Waals surface area (Å²) in [6.45, 7) is 1.88. The van der Waals surface area contributed by atoms with Gasteiger partial charge in [0, 0.05) is 23.5 Å². The number of aromatic nitrogens is 1. The average molecular weight is 305 g/mol. The molecule has 4 nitrogen and oxygen atoms in total. The molecule has 0 aliphatic carbocycles. The Morgan fingerprint density at radius 2 is 1.83 bits per heavy atom. The Hall–Kier alpha value is -2.88. The molecule has 0 saturated carbocycles. The van der Waals surface area contributed by atoms with Gasteiger partial charge in [-0.1, -0.05) is 48.5 Å². The number of nitrogens with one attached hydrogen (secondary N) is 2. The van der Waals surface area contributed by atoms with Crippen molar-refractivity contribution in [1.29, 1.82) is 0 Å². The van der Waals surface area contributed by atoms with E-state index in [0.29, 0.717) is 12.8 Å². The van der Waals surface area contributed by atoms with Gasteiger partial charge in [0.15, 0.2) is 0 Å². The van der Waals surface area contributed by atoms with E-state index >= 15 is 0 Å². The van der Waals surface area contributed by atoms with Gasteiger partial charge in [-0.05, 0) is 30.5 Å². The van der Waals surface area contributed by atoms with E-state index in [-0.39, 0.29) is 5.91 Å². The summed E-state index contributed by atoms with van der Waals surface area (Å²) in [6.07, 6.45) is 3.07. The molecular formula is C19H19N3O. The minimum absolute atomic E-state index is 0.0782. The molecule has 0 unspecified atom stereocenters. The van der Waals surface area contributed by atoms with Crippen molar-refractivity contribution in [3.8, 4) is 0 Å². The number of hydrogen-bond acceptors (Lipinski definition) is 2. The Morgan fingerprint density at radius 1 is 1.09 bits per heavy atom. The van der Waals surface area contributed by atoms with Crippen LogP contribution < -0.4 is 5.43 Å². The van der Waals surface area contributed by atoms with Crippen LogP contribution in [0.3, 0.4) is 0 Å². The number of aryl methyl sites for hydroxylation is 1. The molecule has 0 bridgehead atoms. The van der Waals surface area contributed by atoms with Crippen molar-refractivity contribution < 1.29 is 4.79 Å². The van der Waals surface area contributed by atoms with Crippen molar-refractivity contribution in [3.05, 3.63) is 71.9 Å². The average Bonchev–Trinajstić information content (AvgIpc) is 3.02. The van der Waals surface area contributed by atoms with Gasteiger partial charge in [0.2, 0.25) is 5.91 Å². The second-order valence-electron chi connectivity index (χ2n) is 5.46. The van der Waals surface area contributed by atoms with Gasteiger partial charge in [0.05, 0.1) is 5.71 Å². The topological polar surface area (TPSA) is 57.2 Å². The van der Waals surface area contributed by atoms with Crippen molar-refractivity contribution in [1.82, 2.24) is 10.4 Å². The number of hydrazone groups is 1. The van der Waals surface area contributed by atoms with E-state index in [0.717, 1.165) is 22.4 Å². The van der Waals surface area contributed by atoms with Gasteiger partial charge in [0.1, 0.15) is 0 Å². The number of fused-ring (bicyclic) bond motifs is 1. The van der Waals surface area contributed by atoms with Gasteiger partial charge in [0.25, 0.3) is 0 Å². The molecule has 1 heterocycles. The lowest BCUT2D eigenvalue weighted by atomic mass is 10.1. The Morgan fingerprint density at radius 3 is 2.65 bits per heavy atom. The predicted octanol–water partition coefficient (Wildman–Crippen LogP) is 3.64. The number of rotatable bonds is 5. The van der Waals surface area contributed by atoms with E-state index in [1.54, 1.807) is 0 Å². The fraction of sp³-hybridized carbons (Fsp3) is 0.158. The van der Waals surface area contributed by atoms with Crippen LogP contribution in [0, 0.1) is 0 Å². The second kappa shape index (κ2) is 6.92. The maximum absolute atomic E-state index is 12.0. The molecule has 23 heavy (non-hydrogen) atoms. The highest BCUT2D eigenvalue weighted by molar-refractivity contribution is 5.99. The van der Waals surface area contributed by atoms with E-state index in [2.05, 4.69) is 21.6 Å². The lowest BCUT2D eigenvalue weighted by Gasteiger charge is -2.03. The number of benzene rings is 2. The highest BCUT2D eigenvalue weighted by Gasteiger charge is 2.06. The molecule has 0 aliphatic heterocycles. The summed E-state index contributed by atoms with van der Waals surface area (Å²) in [4.78, 5) is 15.2. The Labute approximate surface area is 135 Å². The van der Waals surface area contributed by atoms with Crippen molar-refractivity contribution in [2.75, 3.05) is 0 Å². The lowest BCUT2D eigenvalue weighted by molar-refractivity contribution is -0.121. The Balaban J connectivity index is 1.58. The fourth-order valence-corrected chi connectivity index (χ4v) is 2.53. The van der Waals surface area contributed by atoms with Gasteiger partial charge >= 0.3 is 0 Å². The third kappa shape index (κ3) is 3.66. The predicted molar refractivity (Wildman–Crippen MR) is 93.4 cm³/mol. The van der Waals surface area contributed by atoms with Crippen LogP contribution in [0.15, 0.2) is 65.9 Å². The van der Waals surface area contributed by atoms with Gasteiger partial charge < -0.3 is 4.98 Å². The van der Waals surface area contributed by atoms with E-state index in [9.17, 15) is 4.79 Å². The van der Waals surface area contributed by atoms with E-state index < -0.39 is 0 Å². The molecule has 0 spiro atoms. The molecule has 0 radical (unpaired) electrons. The third-order valence-electron chi connectivity index (χ3n) is 3.84. The molecule has 0 aliphatic rings. The van der Waals surface area contributed by atoms with Gasteiger partial charge in [-0.3, -0.25) is 4.79 Å². The van der Waals surface area contributed by atoms with Crippen molar-refractivity contribution in [3.63, 3.8) is 0 Å². The van der Waals surface area contributed by atoms with E-state index in [1.165, 1.54) is 5.39 Å². The third-order valence-corrected chi connectivity index (χ3v) is 3.84. The first kappa shape index (κ1) is 15.0. The zero-order valence-corrected chi connectivity index (χ0v) is 13.0. The van der Waals surface area contributed by atoms with E-state index in [4.69, 9.17) is 0 Å². The van der Waals surface area contributed by atoms with Crippen LogP contribution in [-0.4, -0.2) is 16.6 Å². The highest BCUT2D eigenvalue weighted by Crippen LogP contribution is 2.18. The minimum Gasteiger partial charge on any atom is -0.361 e. The molecule has 0 saturated heterocycles. The molecular weight excluding hydrogens is 286 g/mol. The number of amides is 1. The molecule has 2 aromatic carbocycles. The molecule has 1 amide bonds. The zero-order valence-electron chi connectivity index (χ0n) is 13.0. The summed E-state index contributed by atoms with van der Waals surface area (Å²) in [5.41, 5.74) is 6.68. The van der Waals surface area contributed by atoms with Crippen molar-refractivity contribution in [2.45, 2.75) is 19.8 Å². The SMILES string of the molecule is C/C(=N\NC(=O)CCc1c[nH]c2ccccc12)c1ccccc1. The summed E-state index contributed by atoms with van der Waals surface area (Å²) >= 11 is 0. The number of aromatic amines is 1. The largest absolute Gasteiger partial charge is 0.361 e.